The molecule has 3 rings (SSSR count). The van der Waals surface area contributed by atoms with E-state index in [1.54, 1.807) is 13.0 Å². The Bertz CT molecular complexity index is 761. The number of rotatable bonds is 6. The molecule has 1 heterocycles. The SMILES string of the molecule is CCOC(=O)CCNc1ccc(C(=O)N2CC3(C)CC2CC(C)(C)C3)cc1N. The first-order valence-corrected chi connectivity index (χ1v) is 10.2. The minimum atomic E-state index is -0.239. The van der Waals surface area contributed by atoms with Crippen molar-refractivity contribution in [1.82, 2.24) is 4.90 Å². The third-order valence-electron chi connectivity index (χ3n) is 5.92. The minimum absolute atomic E-state index is 0.0659. The molecule has 1 aromatic rings. The lowest BCUT2D eigenvalue weighted by molar-refractivity contribution is -0.142. The molecule has 6 heteroatoms. The smallest absolute Gasteiger partial charge is 0.307 e. The maximum absolute atomic E-state index is 13.2. The summed E-state index contributed by atoms with van der Waals surface area (Å²) >= 11 is 0. The van der Waals surface area contributed by atoms with Gasteiger partial charge in [-0.1, -0.05) is 20.8 Å². The Morgan fingerprint density at radius 3 is 2.71 bits per heavy atom. The highest BCUT2D eigenvalue weighted by atomic mass is 16.5. The second-order valence-corrected chi connectivity index (χ2v) is 9.43. The van der Waals surface area contributed by atoms with Crippen molar-refractivity contribution in [2.75, 3.05) is 30.7 Å². The molecule has 1 saturated carbocycles. The molecule has 1 amide bonds. The van der Waals surface area contributed by atoms with E-state index >= 15 is 0 Å². The number of anilines is 2. The highest BCUT2D eigenvalue weighted by Crippen LogP contribution is 2.52. The van der Waals surface area contributed by atoms with Crippen molar-refractivity contribution in [3.8, 4) is 0 Å². The maximum atomic E-state index is 13.2. The van der Waals surface area contributed by atoms with E-state index in [9.17, 15) is 9.59 Å². The summed E-state index contributed by atoms with van der Waals surface area (Å²) in [6, 6.07) is 5.69. The molecule has 0 radical (unpaired) electrons. The lowest BCUT2D eigenvalue weighted by atomic mass is 9.65. The molecule has 1 aliphatic carbocycles. The molecule has 1 aromatic carbocycles. The first-order valence-electron chi connectivity index (χ1n) is 10.2. The predicted molar refractivity (Wildman–Crippen MR) is 111 cm³/mol. The Labute approximate surface area is 167 Å². The Morgan fingerprint density at radius 1 is 1.29 bits per heavy atom. The number of fused-ring (bicyclic) bond motifs is 2. The average Bonchev–Trinajstić information content (AvgIpc) is 2.84. The van der Waals surface area contributed by atoms with Crippen molar-refractivity contribution in [2.45, 2.75) is 59.4 Å². The number of ether oxygens (including phenoxy) is 1. The number of carbonyl (C=O) groups excluding carboxylic acids is 2. The van der Waals surface area contributed by atoms with Crippen molar-refractivity contribution in [3.63, 3.8) is 0 Å². The predicted octanol–water partition coefficient (Wildman–Crippen LogP) is 3.67. The monoisotopic (exact) mass is 387 g/mol. The van der Waals surface area contributed by atoms with Gasteiger partial charge in [-0.3, -0.25) is 9.59 Å². The van der Waals surface area contributed by atoms with Gasteiger partial charge in [0.05, 0.1) is 24.4 Å². The first-order chi connectivity index (χ1) is 13.1. The third-order valence-corrected chi connectivity index (χ3v) is 5.92. The van der Waals surface area contributed by atoms with Gasteiger partial charge in [0.1, 0.15) is 0 Å². The van der Waals surface area contributed by atoms with Crippen molar-refractivity contribution in [2.24, 2.45) is 10.8 Å². The topological polar surface area (TPSA) is 84.7 Å². The van der Waals surface area contributed by atoms with E-state index in [0.717, 1.165) is 31.5 Å². The van der Waals surface area contributed by atoms with Crippen LogP contribution in [0, 0.1) is 10.8 Å². The Morgan fingerprint density at radius 2 is 2.04 bits per heavy atom. The van der Waals surface area contributed by atoms with Gasteiger partial charge < -0.3 is 20.7 Å². The molecule has 1 aliphatic heterocycles. The number of nitrogen functional groups attached to an aromatic ring is 1. The summed E-state index contributed by atoms with van der Waals surface area (Å²) in [6.07, 6.45) is 3.58. The second kappa shape index (κ2) is 7.64. The van der Waals surface area contributed by atoms with Gasteiger partial charge in [-0.25, -0.2) is 0 Å². The molecule has 2 fully saturated rings. The van der Waals surface area contributed by atoms with Crippen LogP contribution < -0.4 is 11.1 Å². The number of benzene rings is 1. The highest BCUT2D eigenvalue weighted by Gasteiger charge is 2.51. The summed E-state index contributed by atoms with van der Waals surface area (Å²) in [6.45, 7) is 10.3. The van der Waals surface area contributed by atoms with Gasteiger partial charge in [0, 0.05) is 24.7 Å². The quantitative estimate of drug-likeness (QED) is 0.575. The van der Waals surface area contributed by atoms with Crippen LogP contribution in [0.25, 0.3) is 0 Å². The van der Waals surface area contributed by atoms with Gasteiger partial charge in [-0.15, -0.1) is 0 Å². The van der Waals surface area contributed by atoms with Crippen LogP contribution in [-0.2, 0) is 9.53 Å². The number of hydrogen-bond donors (Lipinski definition) is 2. The van der Waals surface area contributed by atoms with Crippen molar-refractivity contribution in [3.05, 3.63) is 23.8 Å². The summed E-state index contributed by atoms with van der Waals surface area (Å²) in [5, 5.41) is 3.14. The van der Waals surface area contributed by atoms with E-state index in [4.69, 9.17) is 10.5 Å². The van der Waals surface area contributed by atoms with E-state index in [1.165, 1.54) is 0 Å². The molecule has 0 spiro atoms. The summed E-state index contributed by atoms with van der Waals surface area (Å²) in [5.74, 6) is -0.173. The molecule has 1 saturated heterocycles. The van der Waals surface area contributed by atoms with E-state index in [2.05, 4.69) is 31.0 Å². The van der Waals surface area contributed by atoms with Crippen LogP contribution in [0.3, 0.4) is 0 Å². The molecule has 2 bridgehead atoms. The standard InChI is InChI=1S/C22H33N3O3/c1-5-28-19(26)8-9-24-18-7-6-15(10-17(18)23)20(27)25-14-22(4)12-16(25)11-21(2,3)13-22/h6-7,10,16,24H,5,8-9,11-14,23H2,1-4H3. The van der Waals surface area contributed by atoms with E-state index < -0.39 is 0 Å². The summed E-state index contributed by atoms with van der Waals surface area (Å²) in [4.78, 5) is 26.7. The maximum Gasteiger partial charge on any atom is 0.307 e. The van der Waals surface area contributed by atoms with Gasteiger partial charge in [-0.2, -0.15) is 0 Å². The number of hydrogen-bond acceptors (Lipinski definition) is 5. The molecule has 2 unspecified atom stereocenters. The van der Waals surface area contributed by atoms with E-state index in [0.29, 0.717) is 30.4 Å². The summed E-state index contributed by atoms with van der Waals surface area (Å²) in [5.41, 5.74) is 8.52. The van der Waals surface area contributed by atoms with Crippen LogP contribution in [0.15, 0.2) is 18.2 Å². The molecule has 2 atom stereocenters. The molecule has 0 aromatic heterocycles. The molecule has 154 valence electrons. The summed E-state index contributed by atoms with van der Waals surface area (Å²) < 4.78 is 4.91. The molecule has 2 aliphatic rings. The Kier molecular flexibility index (Phi) is 5.60. The van der Waals surface area contributed by atoms with Crippen LogP contribution in [0.1, 0.15) is 63.7 Å². The number of nitrogens with zero attached hydrogens (tertiary/aromatic N) is 1. The van der Waals surface area contributed by atoms with Gasteiger partial charge in [0.2, 0.25) is 0 Å². The van der Waals surface area contributed by atoms with Crippen LogP contribution in [-0.4, -0.2) is 42.5 Å². The number of likely N-dealkylation sites (tertiary alicyclic amines) is 1. The summed E-state index contributed by atoms with van der Waals surface area (Å²) in [7, 11) is 0. The fourth-order valence-electron chi connectivity index (χ4n) is 5.25. The third kappa shape index (κ3) is 4.42. The van der Waals surface area contributed by atoms with Crippen molar-refractivity contribution in [1.29, 1.82) is 0 Å². The first kappa shape index (κ1) is 20.5. The largest absolute Gasteiger partial charge is 0.466 e. The van der Waals surface area contributed by atoms with Gasteiger partial charge in [-0.05, 0) is 55.2 Å². The van der Waals surface area contributed by atoms with Crippen LogP contribution in [0.2, 0.25) is 0 Å². The van der Waals surface area contributed by atoms with Crippen molar-refractivity contribution >= 4 is 23.3 Å². The van der Waals surface area contributed by atoms with Gasteiger partial charge in [0.25, 0.3) is 5.91 Å². The fourth-order valence-corrected chi connectivity index (χ4v) is 5.25. The van der Waals surface area contributed by atoms with Crippen LogP contribution >= 0.6 is 0 Å². The lowest BCUT2D eigenvalue weighted by Gasteiger charge is -2.39. The number of esters is 1. The minimum Gasteiger partial charge on any atom is -0.466 e. The average molecular weight is 388 g/mol. The van der Waals surface area contributed by atoms with Gasteiger partial charge >= 0.3 is 5.97 Å². The number of nitrogens with one attached hydrogen (secondary N) is 1. The van der Waals surface area contributed by atoms with Crippen molar-refractivity contribution < 1.29 is 14.3 Å². The molecular weight excluding hydrogens is 354 g/mol. The normalized spacial score (nSPS) is 25.4. The van der Waals surface area contributed by atoms with Gasteiger partial charge in [0.15, 0.2) is 0 Å². The zero-order chi connectivity index (χ0) is 20.5. The zero-order valence-electron chi connectivity index (χ0n) is 17.5. The Hall–Kier alpha value is -2.24. The highest BCUT2D eigenvalue weighted by molar-refractivity contribution is 5.96. The van der Waals surface area contributed by atoms with Crippen LogP contribution in [0.5, 0.6) is 0 Å². The number of nitrogens with two attached hydrogens (primary N) is 1. The molecule has 3 N–H and O–H groups in total. The lowest BCUT2D eigenvalue weighted by Crippen LogP contribution is -2.37. The van der Waals surface area contributed by atoms with Crippen LogP contribution in [0.4, 0.5) is 11.4 Å². The number of amides is 1. The zero-order valence-corrected chi connectivity index (χ0v) is 17.5. The molecule has 28 heavy (non-hydrogen) atoms. The molecular formula is C22H33N3O3. The van der Waals surface area contributed by atoms with E-state index in [1.807, 2.05) is 12.1 Å². The Balaban J connectivity index is 1.65. The molecule has 6 nitrogen and oxygen atoms in total. The number of carbonyl (C=O) groups is 2. The second-order valence-electron chi connectivity index (χ2n) is 9.43. The van der Waals surface area contributed by atoms with E-state index in [-0.39, 0.29) is 29.1 Å². The fraction of sp³-hybridized carbons (Fsp3) is 0.636.